The summed E-state index contributed by atoms with van der Waals surface area (Å²) in [5.74, 6) is 0.234. The van der Waals surface area contributed by atoms with Crippen LogP contribution >= 0.6 is 11.6 Å². The van der Waals surface area contributed by atoms with Gasteiger partial charge in [0.2, 0.25) is 0 Å². The zero-order chi connectivity index (χ0) is 13.8. The predicted molar refractivity (Wildman–Crippen MR) is 77.9 cm³/mol. The maximum atomic E-state index is 9.16. The molecule has 0 aliphatic carbocycles. The average molecular weight is 270 g/mol. The van der Waals surface area contributed by atoms with Gasteiger partial charge in [0, 0.05) is 23.1 Å². The third-order valence-electron chi connectivity index (χ3n) is 4.02. The average Bonchev–Trinajstić information content (AvgIpc) is 2.38. The second-order valence-corrected chi connectivity index (χ2v) is 5.84. The Kier molecular flexibility index (Phi) is 5.64. The molecule has 0 saturated heterocycles. The minimum absolute atomic E-state index is 0.0332. The van der Waals surface area contributed by atoms with Crippen LogP contribution in [0.5, 0.6) is 0 Å². The number of rotatable bonds is 6. The van der Waals surface area contributed by atoms with E-state index in [0.717, 1.165) is 17.9 Å². The SMILES string of the molecule is CCC(C)(c1ccc(Cl)cc1)C(N)C[C@H](C)CO. The highest BCUT2D eigenvalue weighted by molar-refractivity contribution is 6.30. The van der Waals surface area contributed by atoms with Crippen molar-refractivity contribution in [2.45, 2.75) is 45.1 Å². The third kappa shape index (κ3) is 3.47. The summed E-state index contributed by atoms with van der Waals surface area (Å²) >= 11 is 5.93. The third-order valence-corrected chi connectivity index (χ3v) is 4.28. The van der Waals surface area contributed by atoms with E-state index in [-0.39, 0.29) is 24.0 Å². The van der Waals surface area contributed by atoms with Crippen molar-refractivity contribution in [1.82, 2.24) is 0 Å². The van der Waals surface area contributed by atoms with Gasteiger partial charge in [-0.15, -0.1) is 0 Å². The van der Waals surface area contributed by atoms with Crippen LogP contribution in [0.2, 0.25) is 5.02 Å². The predicted octanol–water partition coefficient (Wildman–Crippen LogP) is 3.35. The summed E-state index contributed by atoms with van der Waals surface area (Å²) in [6.45, 7) is 6.55. The largest absolute Gasteiger partial charge is 0.396 e. The lowest BCUT2D eigenvalue weighted by atomic mass is 9.72. The van der Waals surface area contributed by atoms with Crippen molar-refractivity contribution in [2.75, 3.05) is 6.61 Å². The van der Waals surface area contributed by atoms with Gasteiger partial charge in [0.15, 0.2) is 0 Å². The number of halogens is 1. The number of hydrogen-bond donors (Lipinski definition) is 2. The van der Waals surface area contributed by atoms with Gasteiger partial charge in [-0.25, -0.2) is 0 Å². The Morgan fingerprint density at radius 3 is 2.33 bits per heavy atom. The highest BCUT2D eigenvalue weighted by atomic mass is 35.5. The van der Waals surface area contributed by atoms with Crippen LogP contribution < -0.4 is 5.73 Å². The number of benzene rings is 1. The lowest BCUT2D eigenvalue weighted by Gasteiger charge is -2.36. The first-order chi connectivity index (χ1) is 8.43. The Labute approximate surface area is 115 Å². The number of aliphatic hydroxyl groups excluding tert-OH is 1. The fourth-order valence-corrected chi connectivity index (χ4v) is 2.41. The molecule has 0 aliphatic heterocycles. The van der Waals surface area contributed by atoms with E-state index in [9.17, 15) is 0 Å². The first kappa shape index (κ1) is 15.5. The molecule has 0 heterocycles. The highest BCUT2D eigenvalue weighted by Crippen LogP contribution is 2.33. The lowest BCUT2D eigenvalue weighted by Crippen LogP contribution is -2.44. The fraction of sp³-hybridized carbons (Fsp3) is 0.600. The smallest absolute Gasteiger partial charge is 0.0457 e. The molecule has 1 rings (SSSR count). The Morgan fingerprint density at radius 2 is 1.89 bits per heavy atom. The molecule has 0 radical (unpaired) electrons. The minimum Gasteiger partial charge on any atom is -0.396 e. The molecule has 0 bridgehead atoms. The van der Waals surface area contributed by atoms with Crippen molar-refractivity contribution in [2.24, 2.45) is 11.7 Å². The van der Waals surface area contributed by atoms with Gasteiger partial charge in [0.25, 0.3) is 0 Å². The Morgan fingerprint density at radius 1 is 1.33 bits per heavy atom. The number of nitrogens with two attached hydrogens (primary N) is 1. The second-order valence-electron chi connectivity index (χ2n) is 5.41. The van der Waals surface area contributed by atoms with Crippen LogP contribution in [0.3, 0.4) is 0 Å². The summed E-state index contributed by atoms with van der Waals surface area (Å²) in [5.41, 5.74) is 7.50. The lowest BCUT2D eigenvalue weighted by molar-refractivity contribution is 0.205. The molecule has 3 heteroatoms. The fourth-order valence-electron chi connectivity index (χ4n) is 2.28. The van der Waals surface area contributed by atoms with E-state index in [4.69, 9.17) is 22.4 Å². The van der Waals surface area contributed by atoms with Gasteiger partial charge in [-0.2, -0.15) is 0 Å². The van der Waals surface area contributed by atoms with Crippen LogP contribution in [0.4, 0.5) is 0 Å². The Bertz CT molecular complexity index is 365. The summed E-state index contributed by atoms with van der Waals surface area (Å²) in [7, 11) is 0. The van der Waals surface area contributed by atoms with Crippen molar-refractivity contribution in [1.29, 1.82) is 0 Å². The van der Waals surface area contributed by atoms with Crippen LogP contribution in [0.15, 0.2) is 24.3 Å². The molecule has 1 aromatic carbocycles. The molecular formula is C15H24ClNO. The van der Waals surface area contributed by atoms with E-state index < -0.39 is 0 Å². The number of hydrogen-bond acceptors (Lipinski definition) is 2. The summed E-state index contributed by atoms with van der Waals surface area (Å²) in [4.78, 5) is 0. The normalized spacial score (nSPS) is 18.1. The topological polar surface area (TPSA) is 46.2 Å². The maximum Gasteiger partial charge on any atom is 0.0457 e. The monoisotopic (exact) mass is 269 g/mol. The van der Waals surface area contributed by atoms with Crippen LogP contribution in [-0.4, -0.2) is 17.8 Å². The van der Waals surface area contributed by atoms with E-state index in [1.165, 1.54) is 5.56 Å². The van der Waals surface area contributed by atoms with Crippen LogP contribution in [-0.2, 0) is 5.41 Å². The van der Waals surface area contributed by atoms with Crippen molar-refractivity contribution in [3.05, 3.63) is 34.9 Å². The van der Waals surface area contributed by atoms with Crippen molar-refractivity contribution >= 4 is 11.6 Å². The zero-order valence-electron chi connectivity index (χ0n) is 11.5. The first-order valence-corrected chi connectivity index (χ1v) is 6.94. The van der Waals surface area contributed by atoms with Gasteiger partial charge < -0.3 is 10.8 Å². The van der Waals surface area contributed by atoms with E-state index in [2.05, 4.69) is 26.0 Å². The Hall–Kier alpha value is -0.570. The van der Waals surface area contributed by atoms with Crippen molar-refractivity contribution in [3.8, 4) is 0 Å². The standard InChI is InChI=1S/C15H24ClNO/c1-4-15(3,14(17)9-11(2)10-18)12-5-7-13(16)8-6-12/h5-8,11,14,18H,4,9-10,17H2,1-3H3/t11-,14?,15?/m0/s1. The highest BCUT2D eigenvalue weighted by Gasteiger charge is 2.32. The Balaban J connectivity index is 2.93. The summed E-state index contributed by atoms with van der Waals surface area (Å²) < 4.78 is 0. The van der Waals surface area contributed by atoms with E-state index in [1.54, 1.807) is 0 Å². The summed E-state index contributed by atoms with van der Waals surface area (Å²) in [6.07, 6.45) is 1.79. The molecule has 0 aliphatic rings. The molecule has 102 valence electrons. The van der Waals surface area contributed by atoms with Gasteiger partial charge in [0.05, 0.1) is 0 Å². The summed E-state index contributed by atoms with van der Waals surface area (Å²) in [5, 5.41) is 9.90. The molecule has 1 aromatic rings. The van der Waals surface area contributed by atoms with Crippen molar-refractivity contribution in [3.63, 3.8) is 0 Å². The molecule has 0 fully saturated rings. The molecule has 0 amide bonds. The molecule has 0 saturated carbocycles. The van der Waals surface area contributed by atoms with Gasteiger partial charge >= 0.3 is 0 Å². The van der Waals surface area contributed by atoms with E-state index in [0.29, 0.717) is 0 Å². The molecule has 2 unspecified atom stereocenters. The van der Waals surface area contributed by atoms with Gasteiger partial charge in [-0.05, 0) is 36.5 Å². The molecule has 3 N–H and O–H groups in total. The van der Waals surface area contributed by atoms with Gasteiger partial charge in [-0.1, -0.05) is 44.5 Å². The second kappa shape index (κ2) is 6.55. The number of aliphatic hydroxyl groups is 1. The van der Waals surface area contributed by atoms with E-state index in [1.807, 2.05) is 19.1 Å². The zero-order valence-corrected chi connectivity index (χ0v) is 12.2. The molecule has 3 atom stereocenters. The first-order valence-electron chi connectivity index (χ1n) is 6.56. The van der Waals surface area contributed by atoms with Crippen LogP contribution in [0.25, 0.3) is 0 Å². The van der Waals surface area contributed by atoms with Crippen molar-refractivity contribution < 1.29 is 5.11 Å². The molecular weight excluding hydrogens is 246 g/mol. The maximum absolute atomic E-state index is 9.16. The molecule has 2 nitrogen and oxygen atoms in total. The van der Waals surface area contributed by atoms with E-state index >= 15 is 0 Å². The molecule has 18 heavy (non-hydrogen) atoms. The quantitative estimate of drug-likeness (QED) is 0.832. The molecule has 0 spiro atoms. The summed E-state index contributed by atoms with van der Waals surface area (Å²) in [6, 6.07) is 7.95. The van der Waals surface area contributed by atoms with Crippen LogP contribution in [0, 0.1) is 5.92 Å². The minimum atomic E-state index is -0.0754. The van der Waals surface area contributed by atoms with Gasteiger partial charge in [-0.3, -0.25) is 0 Å². The molecule has 0 aromatic heterocycles. The van der Waals surface area contributed by atoms with Crippen LogP contribution in [0.1, 0.15) is 39.2 Å². The van der Waals surface area contributed by atoms with Gasteiger partial charge in [0.1, 0.15) is 0 Å².